The van der Waals surface area contributed by atoms with Crippen LogP contribution in [0.5, 0.6) is 0 Å². The highest BCUT2D eigenvalue weighted by atomic mass is 16.2. The van der Waals surface area contributed by atoms with Crippen LogP contribution < -0.4 is 0 Å². The third-order valence-electron chi connectivity index (χ3n) is 4.77. The number of likely N-dealkylation sites (tertiary alicyclic amines) is 2. The van der Waals surface area contributed by atoms with Gasteiger partial charge < -0.3 is 4.90 Å². The average molecular weight is 275 g/mol. The summed E-state index contributed by atoms with van der Waals surface area (Å²) in [6.45, 7) is 4.07. The summed E-state index contributed by atoms with van der Waals surface area (Å²) >= 11 is 0. The van der Waals surface area contributed by atoms with Gasteiger partial charge in [-0.3, -0.25) is 14.8 Å². The minimum Gasteiger partial charge on any atom is -0.334 e. The van der Waals surface area contributed by atoms with E-state index in [4.69, 9.17) is 0 Å². The lowest BCUT2D eigenvalue weighted by atomic mass is 10.2. The molecule has 6 nitrogen and oxygen atoms in total. The van der Waals surface area contributed by atoms with Gasteiger partial charge in [-0.05, 0) is 45.2 Å². The topological polar surface area (TPSA) is 65.1 Å². The average Bonchev–Trinajstić information content (AvgIpc) is 2.97. The van der Waals surface area contributed by atoms with Gasteiger partial charge in [0.25, 0.3) is 5.91 Å². The second-order valence-corrected chi connectivity index (χ2v) is 6.26. The van der Waals surface area contributed by atoms with Crippen LogP contribution in [0.3, 0.4) is 0 Å². The standard InChI is InChI=1S/C14H21N5O/c20-14(13-15-12(16-17-13)10-3-4-10)19-8-5-11(9-19)18-6-1-2-7-18/h10-11H,1-9H2,(H,15,16,17). The second kappa shape index (κ2) is 4.84. The van der Waals surface area contributed by atoms with Crippen LogP contribution in [0.2, 0.25) is 0 Å². The van der Waals surface area contributed by atoms with Crippen molar-refractivity contribution in [3.05, 3.63) is 11.6 Å². The summed E-state index contributed by atoms with van der Waals surface area (Å²) in [6, 6.07) is 0.545. The van der Waals surface area contributed by atoms with E-state index in [2.05, 4.69) is 20.1 Å². The van der Waals surface area contributed by atoms with Crippen molar-refractivity contribution >= 4 is 5.91 Å². The quantitative estimate of drug-likeness (QED) is 0.893. The van der Waals surface area contributed by atoms with Gasteiger partial charge in [0.05, 0.1) is 0 Å². The number of carbonyl (C=O) groups is 1. The van der Waals surface area contributed by atoms with Crippen LogP contribution in [-0.4, -0.2) is 63.1 Å². The minimum absolute atomic E-state index is 0.00477. The van der Waals surface area contributed by atoms with Crippen molar-refractivity contribution in [1.82, 2.24) is 25.0 Å². The van der Waals surface area contributed by atoms with Crippen LogP contribution in [0.4, 0.5) is 0 Å². The Morgan fingerprint density at radius 1 is 1.15 bits per heavy atom. The van der Waals surface area contributed by atoms with Crippen molar-refractivity contribution in [2.24, 2.45) is 0 Å². The van der Waals surface area contributed by atoms with E-state index in [1.165, 1.54) is 38.8 Å². The molecule has 0 aromatic carbocycles. The van der Waals surface area contributed by atoms with E-state index in [1.54, 1.807) is 0 Å². The molecule has 1 amide bonds. The summed E-state index contributed by atoms with van der Waals surface area (Å²) in [5.41, 5.74) is 0. The van der Waals surface area contributed by atoms with Gasteiger partial charge in [0.15, 0.2) is 0 Å². The summed E-state index contributed by atoms with van der Waals surface area (Å²) < 4.78 is 0. The zero-order chi connectivity index (χ0) is 13.5. The number of rotatable bonds is 3. The molecule has 0 spiro atoms. The molecule has 1 aromatic rings. The van der Waals surface area contributed by atoms with Crippen LogP contribution >= 0.6 is 0 Å². The molecule has 2 saturated heterocycles. The molecule has 108 valence electrons. The van der Waals surface area contributed by atoms with Crippen LogP contribution in [0.15, 0.2) is 0 Å². The molecular weight excluding hydrogens is 254 g/mol. The number of hydrogen-bond donors (Lipinski definition) is 1. The van der Waals surface area contributed by atoms with Gasteiger partial charge in [0, 0.05) is 25.0 Å². The van der Waals surface area contributed by atoms with Crippen LogP contribution in [0.25, 0.3) is 0 Å². The second-order valence-electron chi connectivity index (χ2n) is 6.26. The molecule has 1 saturated carbocycles. The highest BCUT2D eigenvalue weighted by Gasteiger charge is 2.34. The number of hydrogen-bond acceptors (Lipinski definition) is 4. The molecule has 20 heavy (non-hydrogen) atoms. The SMILES string of the molecule is O=C(c1n[nH]c(C2CC2)n1)N1CCC(N2CCCC2)C1. The molecule has 3 heterocycles. The maximum absolute atomic E-state index is 12.4. The first-order valence-corrected chi connectivity index (χ1v) is 7.77. The molecule has 1 unspecified atom stereocenters. The lowest BCUT2D eigenvalue weighted by molar-refractivity contribution is 0.0768. The van der Waals surface area contributed by atoms with E-state index in [0.29, 0.717) is 17.8 Å². The van der Waals surface area contributed by atoms with Crippen molar-refractivity contribution in [2.45, 2.75) is 44.1 Å². The third-order valence-corrected chi connectivity index (χ3v) is 4.77. The maximum atomic E-state index is 12.4. The Morgan fingerprint density at radius 2 is 1.95 bits per heavy atom. The van der Waals surface area contributed by atoms with Crippen LogP contribution in [0.1, 0.15) is 54.5 Å². The van der Waals surface area contributed by atoms with Gasteiger partial charge in [-0.25, -0.2) is 4.98 Å². The number of amides is 1. The zero-order valence-corrected chi connectivity index (χ0v) is 11.7. The van der Waals surface area contributed by atoms with E-state index in [0.717, 1.165) is 25.3 Å². The lowest BCUT2D eigenvalue weighted by Crippen LogP contribution is -2.37. The summed E-state index contributed by atoms with van der Waals surface area (Å²) in [5.74, 6) is 1.76. The molecule has 1 atom stereocenters. The number of aromatic nitrogens is 3. The van der Waals surface area contributed by atoms with Crippen molar-refractivity contribution in [3.63, 3.8) is 0 Å². The summed E-state index contributed by atoms with van der Waals surface area (Å²) in [6.07, 6.45) is 6.03. The van der Waals surface area contributed by atoms with Gasteiger partial charge in [-0.15, -0.1) is 5.10 Å². The maximum Gasteiger partial charge on any atom is 0.293 e. The van der Waals surface area contributed by atoms with Crippen LogP contribution in [0, 0.1) is 0 Å². The Labute approximate surface area is 118 Å². The van der Waals surface area contributed by atoms with Crippen molar-refractivity contribution in [2.75, 3.05) is 26.2 Å². The summed E-state index contributed by atoms with van der Waals surface area (Å²) in [7, 11) is 0. The van der Waals surface area contributed by atoms with E-state index in [-0.39, 0.29) is 5.91 Å². The van der Waals surface area contributed by atoms with Gasteiger partial charge in [-0.2, -0.15) is 0 Å². The zero-order valence-electron chi connectivity index (χ0n) is 11.7. The Bertz CT molecular complexity index is 503. The highest BCUT2D eigenvalue weighted by Crippen LogP contribution is 2.37. The number of nitrogens with zero attached hydrogens (tertiary/aromatic N) is 4. The molecule has 1 N–H and O–H groups in total. The van der Waals surface area contributed by atoms with Crippen molar-refractivity contribution in [1.29, 1.82) is 0 Å². The lowest BCUT2D eigenvalue weighted by Gasteiger charge is -2.23. The van der Waals surface area contributed by atoms with E-state index >= 15 is 0 Å². The molecule has 1 aromatic heterocycles. The predicted octanol–water partition coefficient (Wildman–Crippen LogP) is 0.992. The van der Waals surface area contributed by atoms with Crippen molar-refractivity contribution < 1.29 is 4.79 Å². The largest absolute Gasteiger partial charge is 0.334 e. The fourth-order valence-electron chi connectivity index (χ4n) is 3.38. The summed E-state index contributed by atoms with van der Waals surface area (Å²) in [5, 5.41) is 7.02. The normalized spacial score (nSPS) is 27.4. The monoisotopic (exact) mass is 275 g/mol. The van der Waals surface area contributed by atoms with E-state index in [1.807, 2.05) is 4.90 Å². The first kappa shape index (κ1) is 12.3. The number of carbonyl (C=O) groups excluding carboxylic acids is 1. The number of H-pyrrole nitrogens is 1. The molecule has 6 heteroatoms. The molecular formula is C14H21N5O. The smallest absolute Gasteiger partial charge is 0.293 e. The van der Waals surface area contributed by atoms with Gasteiger partial charge in [0.2, 0.25) is 5.82 Å². The molecule has 4 rings (SSSR count). The molecule has 2 aliphatic heterocycles. The first-order valence-electron chi connectivity index (χ1n) is 7.77. The molecule has 0 radical (unpaired) electrons. The first-order chi connectivity index (χ1) is 9.81. The fourth-order valence-corrected chi connectivity index (χ4v) is 3.38. The van der Waals surface area contributed by atoms with Gasteiger partial charge in [0.1, 0.15) is 5.82 Å². The van der Waals surface area contributed by atoms with Crippen molar-refractivity contribution in [3.8, 4) is 0 Å². The number of aromatic amines is 1. The molecule has 0 bridgehead atoms. The fraction of sp³-hybridized carbons (Fsp3) is 0.786. The Balaban J connectivity index is 1.40. The van der Waals surface area contributed by atoms with Gasteiger partial charge in [-0.1, -0.05) is 0 Å². The van der Waals surface area contributed by atoms with E-state index in [9.17, 15) is 4.79 Å². The summed E-state index contributed by atoms with van der Waals surface area (Å²) in [4.78, 5) is 21.2. The molecule has 3 aliphatic rings. The predicted molar refractivity (Wildman–Crippen MR) is 73.5 cm³/mol. The highest BCUT2D eigenvalue weighted by molar-refractivity contribution is 5.90. The van der Waals surface area contributed by atoms with Crippen LogP contribution in [-0.2, 0) is 0 Å². The Morgan fingerprint density at radius 3 is 2.70 bits per heavy atom. The number of nitrogens with one attached hydrogen (secondary N) is 1. The molecule has 3 fully saturated rings. The van der Waals surface area contributed by atoms with Gasteiger partial charge >= 0.3 is 0 Å². The van der Waals surface area contributed by atoms with E-state index < -0.39 is 0 Å². The third kappa shape index (κ3) is 2.22. The Hall–Kier alpha value is -1.43. The molecule has 1 aliphatic carbocycles. The Kier molecular flexibility index (Phi) is 2.98. The minimum atomic E-state index is -0.00477.